The second kappa shape index (κ2) is 11.1. The smallest absolute Gasteiger partial charge is 0.274 e. The molecule has 0 saturated carbocycles. The Kier molecular flexibility index (Phi) is 7.03. The summed E-state index contributed by atoms with van der Waals surface area (Å²) < 4.78 is 0. The molecule has 0 aliphatic heterocycles. The van der Waals surface area contributed by atoms with Crippen LogP contribution in [0.3, 0.4) is 0 Å². The number of nitrogens with zero attached hydrogens (tertiary/aromatic N) is 5. The molecule has 10 heteroatoms. The lowest BCUT2D eigenvalue weighted by Gasteiger charge is -2.12. The summed E-state index contributed by atoms with van der Waals surface area (Å²) >= 11 is 3.12. The van der Waals surface area contributed by atoms with Crippen molar-refractivity contribution in [3.05, 3.63) is 101 Å². The summed E-state index contributed by atoms with van der Waals surface area (Å²) in [6.07, 6.45) is 2.50. The maximum Gasteiger partial charge on any atom is 0.274 e. The van der Waals surface area contributed by atoms with E-state index in [0.717, 1.165) is 43.6 Å². The van der Waals surface area contributed by atoms with E-state index >= 15 is 0 Å². The molecule has 6 aromatic rings. The molecule has 4 heterocycles. The van der Waals surface area contributed by atoms with Gasteiger partial charge in [0, 0.05) is 41.7 Å². The molecule has 0 unspecified atom stereocenters. The molecule has 2 N–H and O–H groups in total. The Morgan fingerprint density at radius 1 is 0.923 bits per heavy atom. The lowest BCUT2D eigenvalue weighted by molar-refractivity contribution is 0.102. The van der Waals surface area contributed by atoms with Crippen molar-refractivity contribution in [1.29, 1.82) is 0 Å². The van der Waals surface area contributed by atoms with Crippen LogP contribution in [-0.2, 0) is 6.42 Å². The van der Waals surface area contributed by atoms with Gasteiger partial charge in [0.25, 0.3) is 5.91 Å². The minimum absolute atomic E-state index is 0.261. The average Bonchev–Trinajstić information content (AvgIpc) is 3.59. The van der Waals surface area contributed by atoms with Crippen LogP contribution < -0.4 is 10.6 Å². The van der Waals surface area contributed by atoms with Gasteiger partial charge in [0.05, 0.1) is 16.4 Å². The number of anilines is 2. The van der Waals surface area contributed by atoms with E-state index in [2.05, 4.69) is 35.9 Å². The van der Waals surface area contributed by atoms with Gasteiger partial charge in [-0.25, -0.2) is 24.9 Å². The van der Waals surface area contributed by atoms with Crippen molar-refractivity contribution in [2.24, 2.45) is 0 Å². The van der Waals surface area contributed by atoms with E-state index in [4.69, 9.17) is 4.98 Å². The van der Waals surface area contributed by atoms with Crippen molar-refractivity contribution in [1.82, 2.24) is 24.9 Å². The lowest BCUT2D eigenvalue weighted by atomic mass is 10.1. The van der Waals surface area contributed by atoms with Gasteiger partial charge in [-0.3, -0.25) is 4.79 Å². The largest absolute Gasteiger partial charge is 0.370 e. The predicted molar refractivity (Wildman–Crippen MR) is 157 cm³/mol. The molecule has 2 aromatic carbocycles. The zero-order valence-electron chi connectivity index (χ0n) is 21.0. The molecule has 0 atom stereocenters. The molecule has 0 spiro atoms. The van der Waals surface area contributed by atoms with Crippen LogP contribution in [0.4, 0.5) is 11.5 Å². The van der Waals surface area contributed by atoms with Crippen LogP contribution in [-0.4, -0.2) is 37.4 Å². The summed E-state index contributed by atoms with van der Waals surface area (Å²) in [5.41, 5.74) is 4.41. The monoisotopic (exact) mass is 549 g/mol. The number of hydrogen-bond acceptors (Lipinski definition) is 9. The SMILES string of the molecule is Cc1nc(CCNc2cc(C(=O)Nc3ccccc3-c3nc4cccnc4s3)nc(-c3ccccc3)n2)cs1. The summed E-state index contributed by atoms with van der Waals surface area (Å²) in [5.74, 6) is 0.715. The minimum atomic E-state index is -0.334. The van der Waals surface area contributed by atoms with E-state index in [-0.39, 0.29) is 11.6 Å². The highest BCUT2D eigenvalue weighted by Gasteiger charge is 2.17. The van der Waals surface area contributed by atoms with Crippen LogP contribution in [0.15, 0.2) is 84.4 Å². The number of thiazole rings is 2. The van der Waals surface area contributed by atoms with Gasteiger partial charge in [-0.05, 0) is 31.2 Å². The van der Waals surface area contributed by atoms with Gasteiger partial charge < -0.3 is 10.6 Å². The molecule has 1 amide bonds. The molecule has 39 heavy (non-hydrogen) atoms. The molecule has 6 rings (SSSR count). The Morgan fingerprint density at radius 3 is 2.59 bits per heavy atom. The molecular weight excluding hydrogens is 527 g/mol. The third-order valence-electron chi connectivity index (χ3n) is 5.92. The highest BCUT2D eigenvalue weighted by atomic mass is 32.1. The summed E-state index contributed by atoms with van der Waals surface area (Å²) in [4.78, 5) is 37.3. The number of nitrogens with one attached hydrogen (secondary N) is 2. The maximum absolute atomic E-state index is 13.5. The molecule has 0 saturated heterocycles. The predicted octanol–water partition coefficient (Wildman–Crippen LogP) is 6.49. The van der Waals surface area contributed by atoms with Gasteiger partial charge in [0.1, 0.15) is 26.9 Å². The standard InChI is InChI=1S/C29H23N7OS2/c1-18-32-20(17-38-18)13-15-30-25-16-24(33-26(36-25)19-8-3-2-4-9-19)27(37)34-22-11-6-5-10-21(22)28-35-23-12-7-14-31-29(23)39-28/h2-12,14,16-17H,13,15H2,1H3,(H,34,37)(H,30,33,36). The number of pyridine rings is 1. The number of benzene rings is 2. The number of para-hydroxylation sites is 1. The fourth-order valence-electron chi connectivity index (χ4n) is 4.06. The van der Waals surface area contributed by atoms with Crippen molar-refractivity contribution in [3.63, 3.8) is 0 Å². The van der Waals surface area contributed by atoms with Gasteiger partial charge in [-0.2, -0.15) is 0 Å². The minimum Gasteiger partial charge on any atom is -0.370 e. The van der Waals surface area contributed by atoms with E-state index in [1.54, 1.807) is 23.6 Å². The van der Waals surface area contributed by atoms with Crippen LogP contribution >= 0.6 is 22.7 Å². The van der Waals surface area contributed by atoms with E-state index in [9.17, 15) is 4.79 Å². The fraction of sp³-hybridized carbons (Fsp3) is 0.103. The number of aromatic nitrogens is 5. The number of amides is 1. The van der Waals surface area contributed by atoms with Crippen LogP contribution in [0.2, 0.25) is 0 Å². The molecule has 192 valence electrons. The van der Waals surface area contributed by atoms with Gasteiger partial charge in [0.15, 0.2) is 5.82 Å². The van der Waals surface area contributed by atoms with Crippen molar-refractivity contribution in [3.8, 4) is 22.0 Å². The Morgan fingerprint density at radius 2 is 1.77 bits per heavy atom. The zero-order valence-corrected chi connectivity index (χ0v) is 22.6. The van der Waals surface area contributed by atoms with E-state index in [1.165, 1.54) is 11.3 Å². The first kappa shape index (κ1) is 24.8. The summed E-state index contributed by atoms with van der Waals surface area (Å²) in [5, 5.41) is 10.3. The first-order valence-electron chi connectivity index (χ1n) is 12.3. The van der Waals surface area contributed by atoms with Crippen LogP contribution in [0, 0.1) is 6.92 Å². The van der Waals surface area contributed by atoms with E-state index in [0.29, 0.717) is 23.9 Å². The van der Waals surface area contributed by atoms with Crippen molar-refractivity contribution >= 4 is 50.4 Å². The molecular formula is C29H23N7OS2. The number of fused-ring (bicyclic) bond motifs is 1. The molecule has 4 aromatic heterocycles. The third-order valence-corrected chi connectivity index (χ3v) is 7.75. The lowest BCUT2D eigenvalue weighted by Crippen LogP contribution is -2.16. The topological polar surface area (TPSA) is 106 Å². The van der Waals surface area contributed by atoms with Gasteiger partial charge in [0.2, 0.25) is 0 Å². The highest BCUT2D eigenvalue weighted by Crippen LogP contribution is 2.34. The van der Waals surface area contributed by atoms with Crippen LogP contribution in [0.25, 0.3) is 32.3 Å². The number of aryl methyl sites for hydroxylation is 1. The molecule has 0 bridgehead atoms. The Balaban J connectivity index is 1.28. The number of carbonyl (C=O) groups is 1. The van der Waals surface area contributed by atoms with Gasteiger partial charge in [-0.1, -0.05) is 53.8 Å². The quantitative estimate of drug-likeness (QED) is 0.224. The number of hydrogen-bond donors (Lipinski definition) is 2. The molecule has 0 aliphatic carbocycles. The summed E-state index contributed by atoms with van der Waals surface area (Å²) in [7, 11) is 0. The molecule has 8 nitrogen and oxygen atoms in total. The normalized spacial score (nSPS) is 11.0. The number of rotatable bonds is 8. The first-order chi connectivity index (χ1) is 19.1. The second-order valence-electron chi connectivity index (χ2n) is 8.71. The van der Waals surface area contributed by atoms with E-state index in [1.807, 2.05) is 73.7 Å². The van der Waals surface area contributed by atoms with Crippen LogP contribution in [0.5, 0.6) is 0 Å². The van der Waals surface area contributed by atoms with Crippen molar-refractivity contribution in [2.45, 2.75) is 13.3 Å². The van der Waals surface area contributed by atoms with E-state index < -0.39 is 0 Å². The Hall–Kier alpha value is -4.54. The highest BCUT2D eigenvalue weighted by molar-refractivity contribution is 7.21. The maximum atomic E-state index is 13.5. The zero-order chi connectivity index (χ0) is 26.6. The average molecular weight is 550 g/mol. The summed E-state index contributed by atoms with van der Waals surface area (Å²) in [6, 6.07) is 22.7. The van der Waals surface area contributed by atoms with Gasteiger partial charge in [-0.15, -0.1) is 11.3 Å². The van der Waals surface area contributed by atoms with Gasteiger partial charge >= 0.3 is 0 Å². The fourth-order valence-corrected chi connectivity index (χ4v) is 5.66. The number of carbonyl (C=O) groups excluding carboxylic acids is 1. The van der Waals surface area contributed by atoms with Crippen LogP contribution in [0.1, 0.15) is 21.2 Å². The van der Waals surface area contributed by atoms with Crippen molar-refractivity contribution in [2.75, 3.05) is 17.2 Å². The Bertz CT molecular complexity index is 1730. The molecule has 0 aliphatic rings. The second-order valence-corrected chi connectivity index (χ2v) is 10.7. The molecule has 0 fully saturated rings. The first-order valence-corrected chi connectivity index (χ1v) is 14.0. The Labute approximate surface area is 232 Å². The molecule has 0 radical (unpaired) electrons. The summed E-state index contributed by atoms with van der Waals surface area (Å²) in [6.45, 7) is 2.62. The van der Waals surface area contributed by atoms with Crippen molar-refractivity contribution < 1.29 is 4.79 Å². The third kappa shape index (κ3) is 5.66.